The lowest BCUT2D eigenvalue weighted by Gasteiger charge is -2.32. The molecule has 1 fully saturated rings. The standard InChI is InChI=1S/C12H24N2O10P2/c1-7(25(17,18)23-21-3)5-9-11(15)14-10(12(16)13-9)6-8(2)26(19,20)24-22-4/h7-10H,5-6H2,1-4H3,(H,13,16)(H,14,15)(H,17,18)(H,19,20)/t7?,8?,9-,10-/m0/s1. The fraction of sp³-hybridized carbons (Fsp3) is 0.833. The van der Waals surface area contributed by atoms with Gasteiger partial charge in [0.15, 0.2) is 0 Å². The third-order valence-corrected chi connectivity index (χ3v) is 7.27. The summed E-state index contributed by atoms with van der Waals surface area (Å²) in [5, 5.41) is 4.85. The van der Waals surface area contributed by atoms with Crippen LogP contribution >= 0.6 is 15.2 Å². The van der Waals surface area contributed by atoms with Crippen LogP contribution < -0.4 is 10.6 Å². The minimum absolute atomic E-state index is 0.164. The Kier molecular flexibility index (Phi) is 8.37. The van der Waals surface area contributed by atoms with Crippen molar-refractivity contribution < 1.29 is 47.6 Å². The first-order valence-electron chi connectivity index (χ1n) is 7.65. The average molecular weight is 418 g/mol. The van der Waals surface area contributed by atoms with E-state index >= 15 is 0 Å². The van der Waals surface area contributed by atoms with Crippen molar-refractivity contribution >= 4 is 27.0 Å². The third kappa shape index (κ3) is 6.11. The van der Waals surface area contributed by atoms with Gasteiger partial charge in [-0.2, -0.15) is 0 Å². The van der Waals surface area contributed by atoms with E-state index in [1.54, 1.807) is 0 Å². The van der Waals surface area contributed by atoms with Crippen molar-refractivity contribution in [3.63, 3.8) is 0 Å². The minimum Gasteiger partial charge on any atom is -0.342 e. The molecular weight excluding hydrogens is 394 g/mol. The number of piperazine rings is 1. The van der Waals surface area contributed by atoms with Crippen LogP contribution in [0.1, 0.15) is 26.7 Å². The lowest BCUT2D eigenvalue weighted by atomic mass is 10.0. The summed E-state index contributed by atoms with van der Waals surface area (Å²) < 4.78 is 32.3. The quantitative estimate of drug-likeness (QED) is 0.216. The molecule has 0 saturated carbocycles. The smallest absolute Gasteiger partial charge is 0.342 e. The van der Waals surface area contributed by atoms with Crippen molar-refractivity contribution in [1.82, 2.24) is 10.6 Å². The molecule has 0 radical (unpaired) electrons. The monoisotopic (exact) mass is 418 g/mol. The number of hydrogen-bond donors (Lipinski definition) is 4. The van der Waals surface area contributed by atoms with Crippen LogP contribution in [0.2, 0.25) is 0 Å². The van der Waals surface area contributed by atoms with Gasteiger partial charge in [0.25, 0.3) is 0 Å². The molecule has 1 aliphatic heterocycles. The lowest BCUT2D eigenvalue weighted by molar-refractivity contribution is -0.186. The molecule has 0 aliphatic carbocycles. The van der Waals surface area contributed by atoms with E-state index in [2.05, 4.69) is 29.8 Å². The van der Waals surface area contributed by atoms with Crippen LogP contribution in [0.3, 0.4) is 0 Å². The molecule has 0 bridgehead atoms. The first-order chi connectivity index (χ1) is 11.9. The van der Waals surface area contributed by atoms with Crippen LogP contribution in [-0.4, -0.2) is 59.2 Å². The molecule has 0 spiro atoms. The molecule has 2 amide bonds. The van der Waals surface area contributed by atoms with E-state index < -0.39 is 50.4 Å². The normalized spacial score (nSPS) is 27.6. The van der Waals surface area contributed by atoms with E-state index in [-0.39, 0.29) is 12.8 Å². The molecule has 26 heavy (non-hydrogen) atoms. The van der Waals surface area contributed by atoms with Crippen molar-refractivity contribution in [2.75, 3.05) is 14.2 Å². The van der Waals surface area contributed by atoms with Crippen molar-refractivity contribution in [1.29, 1.82) is 0 Å². The van der Waals surface area contributed by atoms with Crippen LogP contribution in [-0.2, 0) is 37.8 Å². The summed E-state index contributed by atoms with van der Waals surface area (Å²) in [5.41, 5.74) is -1.97. The maximum Gasteiger partial charge on any atom is 0.358 e. The largest absolute Gasteiger partial charge is 0.358 e. The lowest BCUT2D eigenvalue weighted by Crippen LogP contribution is -2.62. The van der Waals surface area contributed by atoms with Gasteiger partial charge in [-0.25, -0.2) is 9.78 Å². The van der Waals surface area contributed by atoms with Crippen LogP contribution in [0, 0.1) is 0 Å². The summed E-state index contributed by atoms with van der Waals surface area (Å²) in [5.74, 6) is -1.18. The number of rotatable bonds is 10. The second kappa shape index (κ2) is 9.38. The minimum atomic E-state index is -4.12. The summed E-state index contributed by atoms with van der Waals surface area (Å²) in [7, 11) is -6.09. The molecule has 1 saturated heterocycles. The van der Waals surface area contributed by atoms with Gasteiger partial charge >= 0.3 is 15.2 Å². The fourth-order valence-corrected chi connectivity index (χ4v) is 3.99. The van der Waals surface area contributed by atoms with Gasteiger partial charge in [0.1, 0.15) is 12.1 Å². The topological polar surface area (TPSA) is 170 Å². The van der Waals surface area contributed by atoms with Gasteiger partial charge in [-0.1, -0.05) is 13.8 Å². The summed E-state index contributed by atoms with van der Waals surface area (Å²) in [4.78, 5) is 52.1. The molecule has 14 heteroatoms. The van der Waals surface area contributed by atoms with Gasteiger partial charge in [-0.15, -0.1) is 9.35 Å². The van der Waals surface area contributed by atoms with E-state index in [0.29, 0.717) is 0 Å². The van der Waals surface area contributed by atoms with Crippen molar-refractivity contribution in [3.8, 4) is 0 Å². The Balaban J connectivity index is 2.70. The molecule has 0 aromatic rings. The van der Waals surface area contributed by atoms with Crippen molar-refractivity contribution in [2.45, 2.75) is 50.1 Å². The first kappa shape index (κ1) is 23.2. The number of hydrogen-bond acceptors (Lipinski definition) is 8. The molecule has 152 valence electrons. The molecule has 4 N–H and O–H groups in total. The predicted octanol–water partition coefficient (Wildman–Crippen LogP) is 0.0536. The van der Waals surface area contributed by atoms with Gasteiger partial charge in [0.05, 0.1) is 25.5 Å². The highest BCUT2D eigenvalue weighted by molar-refractivity contribution is 7.53. The van der Waals surface area contributed by atoms with Crippen LogP contribution in [0.5, 0.6) is 0 Å². The van der Waals surface area contributed by atoms with Crippen LogP contribution in [0.4, 0.5) is 0 Å². The number of nitrogens with one attached hydrogen (secondary N) is 2. The van der Waals surface area contributed by atoms with Crippen LogP contribution in [0.15, 0.2) is 0 Å². The zero-order valence-electron chi connectivity index (χ0n) is 14.8. The van der Waals surface area contributed by atoms with Gasteiger partial charge in [0.2, 0.25) is 11.8 Å². The summed E-state index contributed by atoms with van der Waals surface area (Å²) in [6.07, 6.45) is -0.329. The Labute approximate surface area is 150 Å². The fourth-order valence-electron chi connectivity index (χ4n) is 2.32. The summed E-state index contributed by atoms with van der Waals surface area (Å²) in [6, 6.07) is -2.11. The van der Waals surface area contributed by atoms with Gasteiger partial charge in [-0.3, -0.25) is 18.7 Å². The van der Waals surface area contributed by atoms with Crippen LogP contribution in [0.25, 0.3) is 0 Å². The van der Waals surface area contributed by atoms with E-state index in [1.165, 1.54) is 13.8 Å². The Morgan fingerprint density at radius 3 is 1.46 bits per heavy atom. The number of amides is 2. The second-order valence-corrected chi connectivity index (χ2v) is 10.2. The van der Waals surface area contributed by atoms with Gasteiger partial charge in [0, 0.05) is 0 Å². The molecule has 4 unspecified atom stereocenters. The Hall–Kier alpha value is -0.840. The zero-order valence-corrected chi connectivity index (χ0v) is 16.6. The molecule has 1 heterocycles. The number of carbonyl (C=O) groups is 2. The highest BCUT2D eigenvalue weighted by Crippen LogP contribution is 2.50. The maximum absolute atomic E-state index is 12.2. The van der Waals surface area contributed by atoms with Gasteiger partial charge in [-0.05, 0) is 12.8 Å². The second-order valence-electron chi connectivity index (χ2n) is 5.90. The van der Waals surface area contributed by atoms with E-state index in [1.807, 2.05) is 0 Å². The Bertz CT molecular complexity index is 563. The van der Waals surface area contributed by atoms with Crippen molar-refractivity contribution in [2.24, 2.45) is 0 Å². The molecule has 12 nitrogen and oxygen atoms in total. The van der Waals surface area contributed by atoms with Crippen molar-refractivity contribution in [3.05, 3.63) is 0 Å². The zero-order chi connectivity index (χ0) is 20.1. The molecule has 0 aromatic carbocycles. The first-order valence-corrected chi connectivity index (χ1v) is 10.9. The van der Waals surface area contributed by atoms with Gasteiger partial charge < -0.3 is 20.4 Å². The molecule has 1 aliphatic rings. The highest BCUT2D eigenvalue weighted by Gasteiger charge is 2.41. The molecule has 1 rings (SSSR count). The summed E-state index contributed by atoms with van der Waals surface area (Å²) >= 11 is 0. The molecule has 0 aromatic heterocycles. The predicted molar refractivity (Wildman–Crippen MR) is 87.9 cm³/mol. The molecule has 6 atom stereocenters. The van der Waals surface area contributed by atoms with E-state index in [9.17, 15) is 28.5 Å². The molecular formula is C12H24N2O10P2. The average Bonchev–Trinajstić information content (AvgIpc) is 2.51. The maximum atomic E-state index is 12.2. The summed E-state index contributed by atoms with van der Waals surface area (Å²) in [6.45, 7) is 2.75. The van der Waals surface area contributed by atoms with E-state index in [0.717, 1.165) is 14.2 Å². The number of carbonyl (C=O) groups excluding carboxylic acids is 2. The SMILES string of the molecule is COOP(=O)(O)C(C)C[C@@H]1NC(=O)[C@H](CC(C)P(=O)(O)OOC)NC1=O. The third-order valence-electron chi connectivity index (χ3n) is 3.90. The highest BCUT2D eigenvalue weighted by atomic mass is 31.2. The van der Waals surface area contributed by atoms with E-state index in [4.69, 9.17) is 0 Å². The Morgan fingerprint density at radius 1 is 0.885 bits per heavy atom. The Morgan fingerprint density at radius 2 is 1.19 bits per heavy atom.